The molecular weight excluding hydrogens is 210 g/mol. The minimum absolute atomic E-state index is 0.768. The van der Waals surface area contributed by atoms with Crippen LogP contribution in [0.5, 0.6) is 0 Å². The van der Waals surface area contributed by atoms with E-state index < -0.39 is 0 Å². The lowest BCUT2D eigenvalue weighted by Gasteiger charge is -2.24. The van der Waals surface area contributed by atoms with Gasteiger partial charge in [0.1, 0.15) is 5.82 Å². The third kappa shape index (κ3) is 2.97. The third-order valence-corrected chi connectivity index (χ3v) is 3.58. The second-order valence-corrected chi connectivity index (χ2v) is 4.72. The Kier molecular flexibility index (Phi) is 4.37. The summed E-state index contributed by atoms with van der Waals surface area (Å²) in [5.74, 6) is 1.05. The lowest BCUT2D eigenvalue weighted by atomic mass is 10.1. The minimum Gasteiger partial charge on any atom is -0.370 e. The van der Waals surface area contributed by atoms with Gasteiger partial charge >= 0.3 is 0 Å². The molecule has 17 heavy (non-hydrogen) atoms. The number of hydrogen-bond acceptors (Lipinski definition) is 3. The predicted octanol–water partition coefficient (Wildman–Crippen LogP) is 2.89. The minimum atomic E-state index is 0.768. The van der Waals surface area contributed by atoms with Crippen molar-refractivity contribution < 1.29 is 0 Å². The fraction of sp³-hybridized carbons (Fsp3) is 0.643. The number of rotatable bonds is 5. The first-order valence-electron chi connectivity index (χ1n) is 6.77. The molecule has 0 spiro atoms. The monoisotopic (exact) mass is 233 g/mol. The van der Waals surface area contributed by atoms with E-state index >= 15 is 0 Å². The third-order valence-electron chi connectivity index (χ3n) is 3.58. The van der Waals surface area contributed by atoms with E-state index in [-0.39, 0.29) is 0 Å². The summed E-state index contributed by atoms with van der Waals surface area (Å²) in [6.07, 6.45) is 5.82. The number of likely N-dealkylation sites (tertiary alicyclic amines) is 1. The summed E-state index contributed by atoms with van der Waals surface area (Å²) >= 11 is 0. The molecule has 3 nitrogen and oxygen atoms in total. The first kappa shape index (κ1) is 12.4. The number of hydrogen-bond donors (Lipinski definition) is 1. The summed E-state index contributed by atoms with van der Waals surface area (Å²) in [6, 6.07) is 4.99. The molecule has 1 unspecified atom stereocenters. The SMILES string of the molecule is CCNc1ncccc1CN1CCCC1CC. The van der Waals surface area contributed by atoms with E-state index in [2.05, 4.69) is 35.1 Å². The molecule has 3 heteroatoms. The smallest absolute Gasteiger partial charge is 0.130 e. The molecule has 1 atom stereocenters. The van der Waals surface area contributed by atoms with Crippen molar-refractivity contribution in [2.75, 3.05) is 18.4 Å². The second-order valence-electron chi connectivity index (χ2n) is 4.72. The molecule has 1 fully saturated rings. The Bertz CT molecular complexity index is 351. The van der Waals surface area contributed by atoms with Crippen LogP contribution in [0.4, 0.5) is 5.82 Å². The van der Waals surface area contributed by atoms with Crippen molar-refractivity contribution >= 4 is 5.82 Å². The van der Waals surface area contributed by atoms with Gasteiger partial charge in [0.05, 0.1) is 0 Å². The molecule has 94 valence electrons. The van der Waals surface area contributed by atoms with Crippen LogP contribution in [0.25, 0.3) is 0 Å². The van der Waals surface area contributed by atoms with Crippen molar-refractivity contribution in [2.24, 2.45) is 0 Å². The Balaban J connectivity index is 2.07. The molecule has 1 aliphatic heterocycles. The number of anilines is 1. The van der Waals surface area contributed by atoms with Crippen LogP contribution in [0.3, 0.4) is 0 Å². The molecule has 0 aromatic carbocycles. The largest absolute Gasteiger partial charge is 0.370 e. The van der Waals surface area contributed by atoms with Gasteiger partial charge in [0, 0.05) is 30.9 Å². The average molecular weight is 233 g/mol. The maximum atomic E-state index is 4.42. The van der Waals surface area contributed by atoms with Gasteiger partial charge in [0.2, 0.25) is 0 Å². The summed E-state index contributed by atoms with van der Waals surface area (Å²) < 4.78 is 0. The lowest BCUT2D eigenvalue weighted by molar-refractivity contribution is 0.240. The Labute approximate surface area is 104 Å². The molecule has 1 aromatic heterocycles. The number of nitrogens with zero attached hydrogens (tertiary/aromatic N) is 2. The number of aromatic nitrogens is 1. The van der Waals surface area contributed by atoms with Gasteiger partial charge < -0.3 is 5.32 Å². The summed E-state index contributed by atoms with van der Waals surface area (Å²) in [6.45, 7) is 7.61. The Morgan fingerprint density at radius 2 is 2.35 bits per heavy atom. The van der Waals surface area contributed by atoms with Gasteiger partial charge in [-0.25, -0.2) is 4.98 Å². The Morgan fingerprint density at radius 3 is 3.12 bits per heavy atom. The van der Waals surface area contributed by atoms with Crippen LogP contribution in [0.15, 0.2) is 18.3 Å². The van der Waals surface area contributed by atoms with E-state index in [9.17, 15) is 0 Å². The summed E-state index contributed by atoms with van der Waals surface area (Å²) in [7, 11) is 0. The van der Waals surface area contributed by atoms with Crippen LogP contribution >= 0.6 is 0 Å². The maximum Gasteiger partial charge on any atom is 0.130 e. The van der Waals surface area contributed by atoms with E-state index in [0.717, 1.165) is 24.9 Å². The van der Waals surface area contributed by atoms with Crippen LogP contribution in [-0.2, 0) is 6.54 Å². The molecule has 1 aromatic rings. The molecule has 2 rings (SSSR count). The van der Waals surface area contributed by atoms with E-state index in [0.29, 0.717) is 0 Å². The van der Waals surface area contributed by atoms with Crippen molar-refractivity contribution in [3.05, 3.63) is 23.9 Å². The van der Waals surface area contributed by atoms with Crippen molar-refractivity contribution in [2.45, 2.75) is 45.7 Å². The normalized spacial score (nSPS) is 20.7. The van der Waals surface area contributed by atoms with Crippen molar-refractivity contribution in [3.8, 4) is 0 Å². The first-order valence-corrected chi connectivity index (χ1v) is 6.77. The van der Waals surface area contributed by atoms with Gasteiger partial charge in [0.25, 0.3) is 0 Å². The predicted molar refractivity (Wildman–Crippen MR) is 72.1 cm³/mol. The fourth-order valence-electron chi connectivity index (χ4n) is 2.68. The van der Waals surface area contributed by atoms with Crippen molar-refractivity contribution in [3.63, 3.8) is 0 Å². The Morgan fingerprint density at radius 1 is 1.47 bits per heavy atom. The van der Waals surface area contributed by atoms with Crippen molar-refractivity contribution in [1.82, 2.24) is 9.88 Å². The van der Waals surface area contributed by atoms with E-state index in [1.807, 2.05) is 12.3 Å². The molecule has 0 bridgehead atoms. The quantitative estimate of drug-likeness (QED) is 0.847. The van der Waals surface area contributed by atoms with Gasteiger partial charge in [-0.1, -0.05) is 13.0 Å². The van der Waals surface area contributed by atoms with Gasteiger partial charge in [-0.2, -0.15) is 0 Å². The molecular formula is C14H23N3. The molecule has 1 N–H and O–H groups in total. The maximum absolute atomic E-state index is 4.42. The number of nitrogens with one attached hydrogen (secondary N) is 1. The van der Waals surface area contributed by atoms with Gasteiger partial charge in [-0.15, -0.1) is 0 Å². The molecule has 0 amide bonds. The highest BCUT2D eigenvalue weighted by Gasteiger charge is 2.23. The lowest BCUT2D eigenvalue weighted by Crippen LogP contribution is -2.28. The second kappa shape index (κ2) is 6.01. The zero-order valence-corrected chi connectivity index (χ0v) is 10.9. The van der Waals surface area contributed by atoms with Crippen LogP contribution in [0.1, 0.15) is 38.7 Å². The zero-order chi connectivity index (χ0) is 12.1. The highest BCUT2D eigenvalue weighted by Crippen LogP contribution is 2.24. The first-order chi connectivity index (χ1) is 8.35. The van der Waals surface area contributed by atoms with Gasteiger partial charge in [-0.3, -0.25) is 4.90 Å². The summed E-state index contributed by atoms with van der Waals surface area (Å²) in [5.41, 5.74) is 1.33. The molecule has 0 radical (unpaired) electrons. The fourth-order valence-corrected chi connectivity index (χ4v) is 2.68. The molecule has 1 aliphatic rings. The highest BCUT2D eigenvalue weighted by molar-refractivity contribution is 5.43. The summed E-state index contributed by atoms with van der Waals surface area (Å²) in [4.78, 5) is 7.02. The van der Waals surface area contributed by atoms with E-state index in [1.54, 1.807) is 0 Å². The van der Waals surface area contributed by atoms with Crippen LogP contribution in [0.2, 0.25) is 0 Å². The number of pyridine rings is 1. The highest BCUT2D eigenvalue weighted by atomic mass is 15.2. The van der Waals surface area contributed by atoms with E-state index in [1.165, 1.54) is 31.4 Å². The van der Waals surface area contributed by atoms with Gasteiger partial charge in [-0.05, 0) is 38.8 Å². The molecule has 0 saturated carbocycles. The molecule has 2 heterocycles. The van der Waals surface area contributed by atoms with Gasteiger partial charge in [0.15, 0.2) is 0 Å². The van der Waals surface area contributed by atoms with Crippen LogP contribution in [0, 0.1) is 0 Å². The van der Waals surface area contributed by atoms with E-state index in [4.69, 9.17) is 0 Å². The van der Waals surface area contributed by atoms with Crippen molar-refractivity contribution in [1.29, 1.82) is 0 Å². The Hall–Kier alpha value is -1.09. The molecule has 0 aliphatic carbocycles. The van der Waals surface area contributed by atoms with Crippen LogP contribution < -0.4 is 5.32 Å². The topological polar surface area (TPSA) is 28.2 Å². The molecule has 1 saturated heterocycles. The standard InChI is InChI=1S/C14H23N3/c1-3-13-8-6-10-17(13)11-12-7-5-9-16-14(12)15-4-2/h5,7,9,13H,3-4,6,8,10-11H2,1-2H3,(H,15,16). The average Bonchev–Trinajstić information content (AvgIpc) is 2.79. The van der Waals surface area contributed by atoms with Crippen LogP contribution in [-0.4, -0.2) is 29.0 Å². The zero-order valence-electron chi connectivity index (χ0n) is 10.9. The summed E-state index contributed by atoms with van der Waals surface area (Å²) in [5, 5.41) is 3.35.